The minimum absolute atomic E-state index is 0.123. The molecule has 5 nitrogen and oxygen atoms in total. The van der Waals surface area contributed by atoms with Gasteiger partial charge in [-0.25, -0.2) is 13.4 Å². The Labute approximate surface area is 166 Å². The number of hydrogen-bond donors (Lipinski definition) is 0. The zero-order chi connectivity index (χ0) is 19.6. The van der Waals surface area contributed by atoms with Gasteiger partial charge < -0.3 is 9.32 Å². The normalized spacial score (nSPS) is 21.7. The molecule has 0 radical (unpaired) electrons. The van der Waals surface area contributed by atoms with Crippen LogP contribution in [0.4, 0.5) is 0 Å². The summed E-state index contributed by atoms with van der Waals surface area (Å²) in [5.41, 5.74) is 0.733. The number of fused-ring (bicyclic) bond motifs is 1. The van der Waals surface area contributed by atoms with Crippen LogP contribution in [0.15, 0.2) is 21.4 Å². The average Bonchev–Trinajstić information content (AvgIpc) is 2.97. The van der Waals surface area contributed by atoms with Crippen molar-refractivity contribution in [2.24, 2.45) is 5.41 Å². The lowest BCUT2D eigenvalue weighted by atomic mass is 9.63. The third-order valence-electron chi connectivity index (χ3n) is 6.20. The van der Waals surface area contributed by atoms with Gasteiger partial charge in [0.25, 0.3) is 0 Å². The Balaban J connectivity index is 1.69. The minimum Gasteiger partial charge on any atom is -0.439 e. The number of sulfone groups is 1. The summed E-state index contributed by atoms with van der Waals surface area (Å²) in [5.74, 6) is 0.525. The summed E-state index contributed by atoms with van der Waals surface area (Å²) >= 11 is 6.36. The zero-order valence-electron chi connectivity index (χ0n) is 16.4. The summed E-state index contributed by atoms with van der Waals surface area (Å²) < 4.78 is 32.8. The maximum absolute atomic E-state index is 13.4. The first kappa shape index (κ1) is 19.2. The maximum Gasteiger partial charge on any atom is 0.200 e. The van der Waals surface area contributed by atoms with Gasteiger partial charge in [-0.15, -0.1) is 0 Å². The van der Waals surface area contributed by atoms with E-state index in [1.807, 2.05) is 20.8 Å². The molecule has 2 fully saturated rings. The van der Waals surface area contributed by atoms with Crippen LogP contribution < -0.4 is 0 Å². The van der Waals surface area contributed by atoms with E-state index in [1.54, 1.807) is 12.1 Å². The van der Waals surface area contributed by atoms with Gasteiger partial charge in [-0.2, -0.15) is 0 Å². The first-order chi connectivity index (χ1) is 12.5. The van der Waals surface area contributed by atoms with Gasteiger partial charge in [0, 0.05) is 5.41 Å². The molecule has 4 rings (SSSR count). The van der Waals surface area contributed by atoms with Crippen molar-refractivity contribution in [3.8, 4) is 0 Å². The SMILES string of the molecule is CN1CCC2(CC1)CC(S(=O)(=O)c1c(Cl)ccc3nc(C(C)(C)C)oc13)C2. The Morgan fingerprint density at radius 2 is 1.85 bits per heavy atom. The van der Waals surface area contributed by atoms with Gasteiger partial charge in [-0.05, 0) is 63.4 Å². The van der Waals surface area contributed by atoms with Gasteiger partial charge in [0.15, 0.2) is 15.4 Å². The minimum atomic E-state index is -3.56. The molecule has 7 heteroatoms. The second kappa shape index (κ2) is 6.19. The van der Waals surface area contributed by atoms with Crippen LogP contribution in [0.5, 0.6) is 0 Å². The molecule has 1 aromatic carbocycles. The Morgan fingerprint density at radius 1 is 1.22 bits per heavy atom. The van der Waals surface area contributed by atoms with Crippen molar-refractivity contribution < 1.29 is 12.8 Å². The number of hydrogen-bond acceptors (Lipinski definition) is 5. The molecule has 0 amide bonds. The first-order valence-electron chi connectivity index (χ1n) is 9.54. The van der Waals surface area contributed by atoms with E-state index in [9.17, 15) is 8.42 Å². The number of piperidine rings is 1. The van der Waals surface area contributed by atoms with Crippen LogP contribution >= 0.6 is 11.6 Å². The molecule has 2 aromatic rings. The predicted octanol–water partition coefficient (Wildman–Crippen LogP) is 4.43. The fourth-order valence-electron chi connectivity index (χ4n) is 4.32. The third-order valence-corrected chi connectivity index (χ3v) is 8.81. The molecule has 2 heterocycles. The van der Waals surface area contributed by atoms with E-state index in [2.05, 4.69) is 16.9 Å². The molecular weight excluding hydrogens is 384 g/mol. The Bertz CT molecular complexity index is 975. The van der Waals surface area contributed by atoms with Crippen LogP contribution in [-0.2, 0) is 15.3 Å². The van der Waals surface area contributed by atoms with Crippen molar-refractivity contribution in [1.82, 2.24) is 9.88 Å². The topological polar surface area (TPSA) is 63.4 Å². The molecule has 27 heavy (non-hydrogen) atoms. The van der Waals surface area contributed by atoms with E-state index in [1.165, 1.54) is 0 Å². The lowest BCUT2D eigenvalue weighted by Crippen LogP contribution is -2.50. The van der Waals surface area contributed by atoms with Gasteiger partial charge in [0.2, 0.25) is 5.89 Å². The van der Waals surface area contributed by atoms with Gasteiger partial charge in [-0.1, -0.05) is 32.4 Å². The summed E-state index contributed by atoms with van der Waals surface area (Å²) in [6.45, 7) is 8.05. The average molecular weight is 411 g/mol. The lowest BCUT2D eigenvalue weighted by molar-refractivity contribution is 0.0465. The maximum atomic E-state index is 13.4. The van der Waals surface area contributed by atoms with Crippen molar-refractivity contribution in [2.45, 2.75) is 62.0 Å². The highest BCUT2D eigenvalue weighted by Crippen LogP contribution is 2.53. The van der Waals surface area contributed by atoms with Crippen LogP contribution in [0.2, 0.25) is 5.02 Å². The summed E-state index contributed by atoms with van der Waals surface area (Å²) in [7, 11) is -1.44. The Morgan fingerprint density at radius 3 is 2.44 bits per heavy atom. The van der Waals surface area contributed by atoms with E-state index in [0.29, 0.717) is 17.0 Å². The number of rotatable bonds is 2. The van der Waals surface area contributed by atoms with E-state index in [0.717, 1.165) is 38.8 Å². The van der Waals surface area contributed by atoms with Crippen molar-refractivity contribution in [1.29, 1.82) is 0 Å². The molecule has 0 N–H and O–H groups in total. The largest absolute Gasteiger partial charge is 0.439 e. The zero-order valence-corrected chi connectivity index (χ0v) is 18.0. The summed E-state index contributed by atoms with van der Waals surface area (Å²) in [5, 5.41) is -0.157. The number of oxazole rings is 1. The van der Waals surface area contributed by atoms with E-state index in [4.69, 9.17) is 16.0 Å². The summed E-state index contributed by atoms with van der Waals surface area (Å²) in [6.07, 6.45) is 3.58. The van der Waals surface area contributed by atoms with Crippen molar-refractivity contribution in [2.75, 3.05) is 20.1 Å². The molecule has 148 valence electrons. The first-order valence-corrected chi connectivity index (χ1v) is 11.5. The second-order valence-corrected chi connectivity index (χ2v) is 11.9. The number of benzene rings is 1. The fraction of sp³-hybridized carbons (Fsp3) is 0.650. The molecule has 1 saturated carbocycles. The van der Waals surface area contributed by atoms with Crippen molar-refractivity contribution >= 4 is 32.5 Å². The van der Waals surface area contributed by atoms with Crippen molar-refractivity contribution in [3.63, 3.8) is 0 Å². The van der Waals surface area contributed by atoms with Crippen LogP contribution in [-0.4, -0.2) is 43.7 Å². The van der Waals surface area contributed by atoms with Crippen LogP contribution in [0.3, 0.4) is 0 Å². The molecule has 0 unspecified atom stereocenters. The highest BCUT2D eigenvalue weighted by Gasteiger charge is 2.51. The number of likely N-dealkylation sites (tertiary alicyclic amines) is 1. The van der Waals surface area contributed by atoms with Gasteiger partial charge in [0.1, 0.15) is 10.4 Å². The lowest BCUT2D eigenvalue weighted by Gasteiger charge is -2.51. The molecule has 1 aromatic heterocycles. The number of halogens is 1. The number of aromatic nitrogens is 1. The van der Waals surface area contributed by atoms with E-state index < -0.39 is 9.84 Å². The van der Waals surface area contributed by atoms with Crippen LogP contribution in [0.25, 0.3) is 11.1 Å². The smallest absolute Gasteiger partial charge is 0.200 e. The molecule has 1 aliphatic carbocycles. The monoisotopic (exact) mass is 410 g/mol. The summed E-state index contributed by atoms with van der Waals surface area (Å²) in [6, 6.07) is 3.35. The molecule has 2 aliphatic rings. The van der Waals surface area contributed by atoms with Gasteiger partial charge in [0.05, 0.1) is 10.3 Å². The highest BCUT2D eigenvalue weighted by atomic mass is 35.5. The summed E-state index contributed by atoms with van der Waals surface area (Å²) in [4.78, 5) is 6.93. The quantitative estimate of drug-likeness (QED) is 0.732. The molecular formula is C20H27ClN2O3S. The standard InChI is InChI=1S/C20H27ClN2O3S/c1-19(2,3)18-22-15-6-5-14(21)17(16(15)26-18)27(24,25)13-11-20(12-13)7-9-23(4)10-8-20/h5-6,13H,7-12H2,1-4H3. The van der Waals surface area contributed by atoms with Crippen LogP contribution in [0.1, 0.15) is 52.3 Å². The molecule has 1 aliphatic heterocycles. The second-order valence-electron chi connectivity index (χ2n) is 9.37. The van der Waals surface area contributed by atoms with E-state index in [-0.39, 0.29) is 26.0 Å². The molecule has 1 saturated heterocycles. The van der Waals surface area contributed by atoms with Gasteiger partial charge in [-0.3, -0.25) is 0 Å². The predicted molar refractivity (Wildman–Crippen MR) is 107 cm³/mol. The third kappa shape index (κ3) is 3.19. The van der Waals surface area contributed by atoms with E-state index >= 15 is 0 Å². The Kier molecular flexibility index (Phi) is 4.41. The Hall–Kier alpha value is -1.11. The molecule has 0 atom stereocenters. The number of nitrogens with zero attached hydrogens (tertiary/aromatic N) is 2. The molecule has 0 bridgehead atoms. The van der Waals surface area contributed by atoms with Gasteiger partial charge >= 0.3 is 0 Å². The van der Waals surface area contributed by atoms with Crippen molar-refractivity contribution in [3.05, 3.63) is 23.0 Å². The van der Waals surface area contributed by atoms with Crippen LogP contribution in [0, 0.1) is 5.41 Å². The highest BCUT2D eigenvalue weighted by molar-refractivity contribution is 7.92. The fourth-order valence-corrected chi connectivity index (χ4v) is 7.02. The molecule has 1 spiro atoms.